The molecule has 0 radical (unpaired) electrons. The first-order valence-electron chi connectivity index (χ1n) is 4.71. The number of halogens is 1. The smallest absolute Gasteiger partial charge is 0.0333 e. The molecule has 0 aromatic heterocycles. The summed E-state index contributed by atoms with van der Waals surface area (Å²) in [6.45, 7) is 0.661. The van der Waals surface area contributed by atoms with Gasteiger partial charge in [-0.3, -0.25) is 0 Å². The van der Waals surface area contributed by atoms with Gasteiger partial charge >= 0.3 is 0 Å². The zero-order valence-electron chi connectivity index (χ0n) is 8.09. The highest BCUT2D eigenvalue weighted by atomic mass is 35.5. The number of benzene rings is 1. The van der Waals surface area contributed by atoms with Crippen molar-refractivity contribution in [2.24, 2.45) is 5.73 Å². The Balaban J connectivity index is 2.80. The third-order valence-corrected chi connectivity index (χ3v) is 2.06. The van der Waals surface area contributed by atoms with Gasteiger partial charge in [-0.25, -0.2) is 0 Å². The fourth-order valence-electron chi connectivity index (χ4n) is 1.22. The highest BCUT2D eigenvalue weighted by molar-refractivity contribution is 6.18. The summed E-state index contributed by atoms with van der Waals surface area (Å²) in [7, 11) is 0. The molecule has 0 saturated carbocycles. The number of nitrogens with two attached hydrogens (primary N) is 1. The Kier molecular flexibility index (Phi) is 5.14. The van der Waals surface area contributed by atoms with Crippen LogP contribution in [0.5, 0.6) is 0 Å². The van der Waals surface area contributed by atoms with E-state index >= 15 is 0 Å². The van der Waals surface area contributed by atoms with Gasteiger partial charge in [0, 0.05) is 17.9 Å². The zero-order chi connectivity index (χ0) is 10.2. The number of rotatable bonds is 3. The molecule has 2 heteroatoms. The first-order chi connectivity index (χ1) is 6.88. The summed E-state index contributed by atoms with van der Waals surface area (Å²) in [5, 5.41) is 0. The summed E-state index contributed by atoms with van der Waals surface area (Å²) in [4.78, 5) is 0. The van der Waals surface area contributed by atoms with Crippen molar-refractivity contribution in [1.29, 1.82) is 0 Å². The summed E-state index contributed by atoms with van der Waals surface area (Å²) in [6.07, 6.45) is 1.62. The molecule has 0 atom stereocenters. The second-order valence-corrected chi connectivity index (χ2v) is 3.31. The molecule has 0 spiro atoms. The molecule has 0 amide bonds. The highest BCUT2D eigenvalue weighted by Crippen LogP contribution is 2.07. The molecule has 2 N–H and O–H groups in total. The lowest BCUT2D eigenvalue weighted by Gasteiger charge is -2.01. The molecular weight excluding hydrogens is 194 g/mol. The van der Waals surface area contributed by atoms with E-state index in [0.717, 1.165) is 18.4 Å². The van der Waals surface area contributed by atoms with Crippen LogP contribution >= 0.6 is 11.6 Å². The normalized spacial score (nSPS) is 9.29. The molecular formula is C12H14ClN. The topological polar surface area (TPSA) is 26.0 Å². The van der Waals surface area contributed by atoms with Crippen molar-refractivity contribution in [3.63, 3.8) is 0 Å². The number of hydrogen-bond donors (Lipinski definition) is 1. The molecule has 1 aromatic rings. The molecule has 1 nitrogen and oxygen atoms in total. The fraction of sp³-hybridized carbons (Fsp3) is 0.333. The molecule has 0 fully saturated rings. The van der Waals surface area contributed by atoms with Gasteiger partial charge in [-0.05, 0) is 24.6 Å². The van der Waals surface area contributed by atoms with Gasteiger partial charge in [-0.2, -0.15) is 0 Å². The van der Waals surface area contributed by atoms with Crippen LogP contribution in [0.3, 0.4) is 0 Å². The van der Waals surface area contributed by atoms with Gasteiger partial charge in [0.05, 0.1) is 0 Å². The molecule has 0 saturated heterocycles. The predicted octanol–water partition coefficient (Wildman–Crippen LogP) is 2.17. The maximum atomic E-state index is 5.55. The van der Waals surface area contributed by atoms with Crippen LogP contribution in [0.4, 0.5) is 0 Å². The number of alkyl halides is 1. The van der Waals surface area contributed by atoms with Crippen LogP contribution in [0.2, 0.25) is 0 Å². The van der Waals surface area contributed by atoms with Crippen molar-refractivity contribution in [2.75, 3.05) is 12.4 Å². The largest absolute Gasteiger partial charge is 0.330 e. The first kappa shape index (κ1) is 11.1. The summed E-state index contributed by atoms with van der Waals surface area (Å²) in [5.74, 6) is 6.73. The predicted molar refractivity (Wildman–Crippen MR) is 61.4 cm³/mol. The Hall–Kier alpha value is -0.970. The van der Waals surface area contributed by atoms with E-state index in [1.54, 1.807) is 0 Å². The van der Waals surface area contributed by atoms with Crippen molar-refractivity contribution in [3.05, 3.63) is 35.4 Å². The Morgan fingerprint density at radius 2 is 2.07 bits per heavy atom. The van der Waals surface area contributed by atoms with Crippen LogP contribution in [0, 0.1) is 11.8 Å². The second kappa shape index (κ2) is 6.48. The van der Waals surface area contributed by atoms with E-state index < -0.39 is 0 Å². The molecule has 0 aliphatic heterocycles. The first-order valence-corrected chi connectivity index (χ1v) is 5.24. The average molecular weight is 208 g/mol. The van der Waals surface area contributed by atoms with Gasteiger partial charge in [0.15, 0.2) is 0 Å². The van der Waals surface area contributed by atoms with Crippen LogP contribution in [0.25, 0.3) is 0 Å². The number of hydrogen-bond acceptors (Lipinski definition) is 1. The maximum absolute atomic E-state index is 5.55. The molecule has 0 heterocycles. The minimum Gasteiger partial charge on any atom is -0.330 e. The monoisotopic (exact) mass is 207 g/mol. The van der Waals surface area contributed by atoms with Crippen LogP contribution in [-0.4, -0.2) is 12.4 Å². The van der Waals surface area contributed by atoms with Crippen LogP contribution in [0.1, 0.15) is 17.5 Å². The zero-order valence-corrected chi connectivity index (χ0v) is 8.85. The Bertz CT molecular complexity index is 336. The van der Waals surface area contributed by atoms with E-state index in [0.29, 0.717) is 12.4 Å². The summed E-state index contributed by atoms with van der Waals surface area (Å²) >= 11 is 5.55. The SMILES string of the molecule is NCCc1ccccc1C#CCCCl. The molecule has 14 heavy (non-hydrogen) atoms. The van der Waals surface area contributed by atoms with Crippen molar-refractivity contribution < 1.29 is 0 Å². The van der Waals surface area contributed by atoms with E-state index in [9.17, 15) is 0 Å². The minimum atomic E-state index is 0.589. The van der Waals surface area contributed by atoms with E-state index in [1.165, 1.54) is 5.56 Å². The molecule has 74 valence electrons. The van der Waals surface area contributed by atoms with E-state index in [2.05, 4.69) is 17.9 Å². The van der Waals surface area contributed by atoms with Crippen molar-refractivity contribution in [1.82, 2.24) is 0 Å². The Labute approximate surface area is 90.3 Å². The standard InChI is InChI=1S/C12H14ClN/c13-9-4-3-7-11-5-1-2-6-12(11)8-10-14/h1-2,5-6H,4,8-10,14H2. The molecule has 0 bridgehead atoms. The fourth-order valence-corrected chi connectivity index (χ4v) is 1.32. The lowest BCUT2D eigenvalue weighted by atomic mass is 10.1. The van der Waals surface area contributed by atoms with Crippen molar-refractivity contribution in [2.45, 2.75) is 12.8 Å². The van der Waals surface area contributed by atoms with Crippen molar-refractivity contribution >= 4 is 11.6 Å². The van der Waals surface area contributed by atoms with Gasteiger partial charge in [0.2, 0.25) is 0 Å². The van der Waals surface area contributed by atoms with E-state index in [-0.39, 0.29) is 0 Å². The summed E-state index contributed by atoms with van der Waals surface area (Å²) < 4.78 is 0. The quantitative estimate of drug-likeness (QED) is 0.597. The Morgan fingerprint density at radius 3 is 2.79 bits per heavy atom. The Morgan fingerprint density at radius 1 is 1.29 bits per heavy atom. The van der Waals surface area contributed by atoms with E-state index in [4.69, 9.17) is 17.3 Å². The molecule has 1 aromatic carbocycles. The molecule has 0 aliphatic rings. The average Bonchev–Trinajstić information content (AvgIpc) is 2.21. The summed E-state index contributed by atoms with van der Waals surface area (Å²) in [6, 6.07) is 8.09. The third kappa shape index (κ3) is 3.41. The van der Waals surface area contributed by atoms with Crippen LogP contribution in [-0.2, 0) is 6.42 Å². The van der Waals surface area contributed by atoms with Crippen LogP contribution < -0.4 is 5.73 Å². The minimum absolute atomic E-state index is 0.589. The van der Waals surface area contributed by atoms with Gasteiger partial charge in [-0.1, -0.05) is 30.0 Å². The molecule has 0 aliphatic carbocycles. The van der Waals surface area contributed by atoms with Gasteiger partial charge in [0.25, 0.3) is 0 Å². The molecule has 1 rings (SSSR count). The van der Waals surface area contributed by atoms with Gasteiger partial charge in [0.1, 0.15) is 0 Å². The summed E-state index contributed by atoms with van der Waals surface area (Å²) in [5.41, 5.74) is 7.81. The second-order valence-electron chi connectivity index (χ2n) is 2.94. The lowest BCUT2D eigenvalue weighted by molar-refractivity contribution is 0.965. The third-order valence-electron chi connectivity index (χ3n) is 1.87. The molecule has 0 unspecified atom stereocenters. The highest BCUT2D eigenvalue weighted by Gasteiger charge is 1.96. The van der Waals surface area contributed by atoms with Crippen LogP contribution in [0.15, 0.2) is 24.3 Å². The van der Waals surface area contributed by atoms with Gasteiger partial charge in [-0.15, -0.1) is 11.6 Å². The van der Waals surface area contributed by atoms with Crippen molar-refractivity contribution in [3.8, 4) is 11.8 Å². The van der Waals surface area contributed by atoms with Gasteiger partial charge < -0.3 is 5.73 Å². The lowest BCUT2D eigenvalue weighted by Crippen LogP contribution is -2.03. The maximum Gasteiger partial charge on any atom is 0.0333 e. The van der Waals surface area contributed by atoms with E-state index in [1.807, 2.05) is 18.2 Å².